The maximum atomic E-state index is 13.3. The lowest BCUT2D eigenvalue weighted by molar-refractivity contribution is -0.127. The standard InChI is InChI=1S/C23H26N2O2/c1-23-9-7-19-18-6-4-17(26)12-14(18)3-5-20(19)21(23)13-15(22(23)27)11-16-8-10-24-25(16)2/h4,6,8,10-12,19-21,26H,3,5,7,9,13H2,1-2H3/b15-11+. The van der Waals surface area contributed by atoms with Crippen LogP contribution in [0.5, 0.6) is 5.75 Å². The van der Waals surface area contributed by atoms with Crippen LogP contribution in [0.3, 0.4) is 0 Å². The molecule has 140 valence electrons. The number of allylic oxidation sites excluding steroid dienone is 1. The summed E-state index contributed by atoms with van der Waals surface area (Å²) in [5, 5.41) is 14.1. The van der Waals surface area contributed by atoms with Crippen LogP contribution in [-0.2, 0) is 18.3 Å². The van der Waals surface area contributed by atoms with Crippen molar-refractivity contribution in [1.29, 1.82) is 0 Å². The van der Waals surface area contributed by atoms with Crippen LogP contribution in [-0.4, -0.2) is 20.7 Å². The van der Waals surface area contributed by atoms with E-state index in [0.29, 0.717) is 29.3 Å². The summed E-state index contributed by atoms with van der Waals surface area (Å²) in [4.78, 5) is 13.3. The first kappa shape index (κ1) is 16.8. The number of Topliss-reactive ketones (excluding diaryl/α,β-unsaturated/α-hetero) is 1. The average Bonchev–Trinajstić information content (AvgIpc) is 3.17. The lowest BCUT2D eigenvalue weighted by Gasteiger charge is -2.48. The van der Waals surface area contributed by atoms with Crippen LogP contribution in [0.25, 0.3) is 6.08 Å². The summed E-state index contributed by atoms with van der Waals surface area (Å²) < 4.78 is 1.83. The number of ketones is 1. The van der Waals surface area contributed by atoms with Crippen molar-refractivity contribution < 1.29 is 9.90 Å². The molecular formula is C23H26N2O2. The van der Waals surface area contributed by atoms with Crippen LogP contribution in [0.15, 0.2) is 36.0 Å². The van der Waals surface area contributed by atoms with Crippen molar-refractivity contribution in [3.8, 4) is 5.75 Å². The van der Waals surface area contributed by atoms with Gasteiger partial charge in [0.25, 0.3) is 0 Å². The molecule has 3 aliphatic rings. The smallest absolute Gasteiger partial charge is 0.165 e. The predicted molar refractivity (Wildman–Crippen MR) is 104 cm³/mol. The summed E-state index contributed by atoms with van der Waals surface area (Å²) in [6.07, 6.45) is 8.88. The topological polar surface area (TPSA) is 55.1 Å². The number of aromatic nitrogens is 2. The normalized spacial score (nSPS) is 33.6. The Morgan fingerprint density at radius 1 is 1.30 bits per heavy atom. The minimum atomic E-state index is -0.222. The SMILES string of the molecule is Cn1nccc1/C=C1\CC2C3CCc4cc(O)ccc4C3CCC2(C)C1=O. The van der Waals surface area contributed by atoms with E-state index in [0.717, 1.165) is 43.4 Å². The third-order valence-corrected chi connectivity index (χ3v) is 7.53. The molecule has 27 heavy (non-hydrogen) atoms. The average molecular weight is 362 g/mol. The van der Waals surface area contributed by atoms with Gasteiger partial charge in [-0.05, 0) is 90.8 Å². The van der Waals surface area contributed by atoms with E-state index in [-0.39, 0.29) is 5.41 Å². The lowest BCUT2D eigenvalue weighted by Crippen LogP contribution is -2.42. The summed E-state index contributed by atoms with van der Waals surface area (Å²) in [6, 6.07) is 7.85. The first-order valence-corrected chi connectivity index (χ1v) is 10.0. The minimum absolute atomic E-state index is 0.222. The number of nitrogens with zero attached hydrogens (tertiary/aromatic N) is 2. The molecule has 1 aromatic heterocycles. The zero-order valence-corrected chi connectivity index (χ0v) is 16.0. The van der Waals surface area contributed by atoms with E-state index >= 15 is 0 Å². The van der Waals surface area contributed by atoms with Gasteiger partial charge in [-0.3, -0.25) is 9.48 Å². The van der Waals surface area contributed by atoms with E-state index in [1.165, 1.54) is 11.1 Å². The van der Waals surface area contributed by atoms with Crippen LogP contribution < -0.4 is 0 Å². The third kappa shape index (κ3) is 2.42. The fraction of sp³-hybridized carbons (Fsp3) is 0.478. The maximum absolute atomic E-state index is 13.3. The number of aromatic hydroxyl groups is 1. The van der Waals surface area contributed by atoms with Gasteiger partial charge in [0.2, 0.25) is 0 Å². The number of fused-ring (bicyclic) bond motifs is 5. The van der Waals surface area contributed by atoms with Crippen LogP contribution in [0.2, 0.25) is 0 Å². The molecule has 2 aromatic rings. The molecule has 0 saturated heterocycles. The number of carbonyl (C=O) groups is 1. The van der Waals surface area contributed by atoms with Crippen molar-refractivity contribution in [3.05, 3.63) is 52.9 Å². The van der Waals surface area contributed by atoms with E-state index in [4.69, 9.17) is 0 Å². The zero-order valence-electron chi connectivity index (χ0n) is 16.0. The van der Waals surface area contributed by atoms with E-state index in [2.05, 4.69) is 24.2 Å². The molecule has 4 atom stereocenters. The molecular weight excluding hydrogens is 336 g/mol. The van der Waals surface area contributed by atoms with Crippen molar-refractivity contribution in [3.63, 3.8) is 0 Å². The second-order valence-corrected chi connectivity index (χ2v) is 8.84. The Balaban J connectivity index is 1.51. The molecule has 3 aliphatic carbocycles. The number of aryl methyl sites for hydroxylation is 2. The molecule has 1 heterocycles. The van der Waals surface area contributed by atoms with Crippen molar-refractivity contribution in [2.24, 2.45) is 24.3 Å². The summed E-state index contributed by atoms with van der Waals surface area (Å²) >= 11 is 0. The quantitative estimate of drug-likeness (QED) is 0.772. The third-order valence-electron chi connectivity index (χ3n) is 7.53. The van der Waals surface area contributed by atoms with Gasteiger partial charge in [0.15, 0.2) is 5.78 Å². The van der Waals surface area contributed by atoms with Gasteiger partial charge >= 0.3 is 0 Å². The fourth-order valence-corrected chi connectivity index (χ4v) is 6.07. The Morgan fingerprint density at radius 3 is 2.93 bits per heavy atom. The van der Waals surface area contributed by atoms with Gasteiger partial charge < -0.3 is 5.11 Å². The van der Waals surface area contributed by atoms with Crippen molar-refractivity contribution in [2.45, 2.75) is 44.9 Å². The Hall–Kier alpha value is -2.36. The first-order chi connectivity index (χ1) is 13.0. The predicted octanol–water partition coefficient (Wildman–Crippen LogP) is 4.24. The highest BCUT2D eigenvalue weighted by molar-refractivity contribution is 6.05. The van der Waals surface area contributed by atoms with Gasteiger partial charge in [0.05, 0.1) is 5.69 Å². The van der Waals surface area contributed by atoms with Gasteiger partial charge in [-0.2, -0.15) is 5.10 Å². The Kier molecular flexibility index (Phi) is 3.62. The molecule has 0 radical (unpaired) electrons. The zero-order chi connectivity index (χ0) is 18.8. The van der Waals surface area contributed by atoms with Crippen LogP contribution in [0, 0.1) is 17.3 Å². The van der Waals surface area contributed by atoms with E-state index < -0.39 is 0 Å². The molecule has 2 fully saturated rings. The highest BCUT2D eigenvalue weighted by Gasteiger charge is 2.56. The van der Waals surface area contributed by atoms with Crippen molar-refractivity contribution in [1.82, 2.24) is 9.78 Å². The number of hydrogen-bond donors (Lipinski definition) is 1. The number of rotatable bonds is 1. The monoisotopic (exact) mass is 362 g/mol. The van der Waals surface area contributed by atoms with Gasteiger partial charge in [-0.25, -0.2) is 0 Å². The van der Waals surface area contributed by atoms with Gasteiger partial charge in [-0.15, -0.1) is 0 Å². The molecule has 2 saturated carbocycles. The molecule has 4 unspecified atom stereocenters. The summed E-state index contributed by atoms with van der Waals surface area (Å²) in [6.45, 7) is 2.20. The number of hydrogen-bond acceptors (Lipinski definition) is 3. The molecule has 0 spiro atoms. The molecule has 4 heteroatoms. The van der Waals surface area contributed by atoms with Crippen LogP contribution in [0.4, 0.5) is 0 Å². The van der Waals surface area contributed by atoms with Crippen LogP contribution >= 0.6 is 0 Å². The Labute approximate surface area is 159 Å². The molecule has 4 nitrogen and oxygen atoms in total. The van der Waals surface area contributed by atoms with Gasteiger partial charge in [0.1, 0.15) is 5.75 Å². The largest absolute Gasteiger partial charge is 0.508 e. The molecule has 1 aromatic carbocycles. The summed E-state index contributed by atoms with van der Waals surface area (Å²) in [5.41, 5.74) is 4.46. The Bertz CT molecular complexity index is 957. The van der Waals surface area contributed by atoms with Gasteiger partial charge in [-0.1, -0.05) is 13.0 Å². The molecule has 5 rings (SSSR count). The van der Waals surface area contributed by atoms with E-state index in [1.54, 1.807) is 6.20 Å². The summed E-state index contributed by atoms with van der Waals surface area (Å²) in [7, 11) is 1.92. The van der Waals surface area contributed by atoms with E-state index in [9.17, 15) is 9.90 Å². The fourth-order valence-electron chi connectivity index (χ4n) is 6.07. The van der Waals surface area contributed by atoms with E-state index in [1.807, 2.05) is 29.9 Å². The van der Waals surface area contributed by atoms with Crippen LogP contribution in [0.1, 0.15) is 55.3 Å². The van der Waals surface area contributed by atoms with Crippen molar-refractivity contribution in [2.75, 3.05) is 0 Å². The lowest BCUT2D eigenvalue weighted by atomic mass is 9.55. The second kappa shape index (κ2) is 5.82. The maximum Gasteiger partial charge on any atom is 0.165 e. The number of benzene rings is 1. The highest BCUT2D eigenvalue weighted by atomic mass is 16.3. The number of carbonyl (C=O) groups excluding carboxylic acids is 1. The highest BCUT2D eigenvalue weighted by Crippen LogP contribution is 2.60. The first-order valence-electron chi connectivity index (χ1n) is 10.0. The molecule has 0 aliphatic heterocycles. The molecule has 1 N–H and O–H groups in total. The number of phenols is 1. The molecule has 0 amide bonds. The number of phenolic OH excluding ortho intramolecular Hbond substituents is 1. The molecule has 0 bridgehead atoms. The Morgan fingerprint density at radius 2 is 2.15 bits per heavy atom. The second-order valence-electron chi connectivity index (χ2n) is 8.84. The summed E-state index contributed by atoms with van der Waals surface area (Å²) in [5.74, 6) is 2.22. The van der Waals surface area contributed by atoms with Crippen molar-refractivity contribution >= 4 is 11.9 Å². The minimum Gasteiger partial charge on any atom is -0.508 e. The van der Waals surface area contributed by atoms with Gasteiger partial charge in [0, 0.05) is 18.7 Å².